The summed E-state index contributed by atoms with van der Waals surface area (Å²) in [6.07, 6.45) is 0. The van der Waals surface area contributed by atoms with Crippen molar-refractivity contribution >= 4 is 48.5 Å². The van der Waals surface area contributed by atoms with Gasteiger partial charge in [0.2, 0.25) is 0 Å². The third-order valence-electron chi connectivity index (χ3n) is 0. The molecule has 0 atom stereocenters. The van der Waals surface area contributed by atoms with Crippen LogP contribution in [0.15, 0.2) is 0 Å². The van der Waals surface area contributed by atoms with Gasteiger partial charge in [-0.2, -0.15) is 0 Å². The monoisotopic (exact) mass is 310 g/mol. The van der Waals surface area contributed by atoms with Crippen molar-refractivity contribution in [3.05, 3.63) is 0 Å². The predicted molar refractivity (Wildman–Crippen MR) is 38.1 cm³/mol. The van der Waals surface area contributed by atoms with Crippen molar-refractivity contribution in [2.45, 2.75) is 0 Å². The second-order valence-corrected chi connectivity index (χ2v) is 25.4. The van der Waals surface area contributed by atoms with Gasteiger partial charge in [0.15, 0.2) is 0 Å². The molecule has 0 aromatic heterocycles. The average molecular weight is 312 g/mol. The molecule has 59 valence electrons. The normalized spacial score (nSPS) is 15.1. The van der Waals surface area contributed by atoms with Gasteiger partial charge in [0.1, 0.15) is 0 Å². The fourth-order valence-corrected chi connectivity index (χ4v) is 0. The van der Waals surface area contributed by atoms with Crippen LogP contribution in [0.4, 0.5) is 0 Å². The molecule has 0 aromatic carbocycles. The molecule has 0 fully saturated rings. The second kappa shape index (κ2) is 4.03. The number of halogens is 5. The first-order valence-electron chi connectivity index (χ1n) is 1.34. The Morgan fingerprint density at radius 1 is 0.875 bits per heavy atom. The summed E-state index contributed by atoms with van der Waals surface area (Å²) in [6.45, 7) is 0. The molecule has 0 radical (unpaired) electrons. The summed E-state index contributed by atoms with van der Waals surface area (Å²) in [5.74, 6) is 0. The summed E-state index contributed by atoms with van der Waals surface area (Å²) >= 11 is 0. The third kappa shape index (κ3) is 96.1. The minimum absolute atomic E-state index is 1.75. The fraction of sp³-hybridized carbons (Fsp3) is 1.00. The van der Waals surface area contributed by atoms with Gasteiger partial charge >= 0.3 is 57.1 Å². The van der Waals surface area contributed by atoms with Crippen LogP contribution >= 0.6 is 48.5 Å². The predicted octanol–water partition coefficient (Wildman–Crippen LogP) is 2.30. The van der Waals surface area contributed by atoms with E-state index in [1.165, 1.54) is 0 Å². The number of rotatable bonds is 0. The van der Waals surface area contributed by atoms with Gasteiger partial charge < -0.3 is 5.73 Å². The van der Waals surface area contributed by atoms with Gasteiger partial charge in [-0.05, 0) is 0 Å². The molecule has 0 aliphatic heterocycles. The fourth-order valence-electron chi connectivity index (χ4n) is 0. The number of hydrogen-bond acceptors (Lipinski definition) is 0. The van der Waals surface area contributed by atoms with Crippen molar-refractivity contribution in [2.75, 3.05) is 7.05 Å². The number of hydrogen-bond donors (Lipinski definition) is 1. The standard InChI is InChI=1S/CH5N.5ClH.Rh/c1-2;;;;;;/h2H2,1H3;5*1H;/q;;;;;;+4/p-4. The van der Waals surface area contributed by atoms with Gasteiger partial charge in [0, 0.05) is 0 Å². The zero-order chi connectivity index (χ0) is 7.45. The van der Waals surface area contributed by atoms with E-state index in [0.29, 0.717) is 0 Å². The molecular weight excluding hydrogens is 306 g/mol. The Balaban J connectivity index is 0. The average Bonchev–Trinajstić information content (AvgIpc) is 1.33. The molecule has 7 heteroatoms. The van der Waals surface area contributed by atoms with Crippen LogP contribution in [0.1, 0.15) is 0 Å². The third-order valence-corrected chi connectivity index (χ3v) is 0. The summed E-state index contributed by atoms with van der Waals surface area (Å²) in [7, 11) is 22.8. The Bertz CT molecular complexity index is 45.6. The molecule has 0 saturated heterocycles. The van der Waals surface area contributed by atoms with Crippen LogP contribution < -0.4 is 5.73 Å². The Hall–Kier alpha value is 2.03. The van der Waals surface area contributed by atoms with E-state index in [1.54, 1.807) is 7.05 Å². The van der Waals surface area contributed by atoms with E-state index in [0.717, 1.165) is 0 Å². The van der Waals surface area contributed by atoms with Gasteiger partial charge in [-0.25, -0.2) is 0 Å². The van der Waals surface area contributed by atoms with Crippen LogP contribution in [0.25, 0.3) is 0 Å². The first kappa shape index (κ1) is 12.7. The number of quaternary nitrogens is 1. The van der Waals surface area contributed by atoms with Crippen LogP contribution in [0, 0.1) is 0 Å². The first-order valence-corrected chi connectivity index (χ1v) is 11.9. The topological polar surface area (TPSA) is 27.6 Å². The Kier molecular flexibility index (Phi) is 6.38. The molecular formula is CH6Cl5NRh. The van der Waals surface area contributed by atoms with E-state index in [2.05, 4.69) is 5.73 Å². The SMILES string of the molecule is C[NH3+].[Cl][Rh-]([Cl])([Cl])([Cl])[Cl]. The van der Waals surface area contributed by atoms with Crippen molar-refractivity contribution in [3.8, 4) is 0 Å². The van der Waals surface area contributed by atoms with Crippen molar-refractivity contribution in [1.29, 1.82) is 0 Å². The molecule has 0 rings (SSSR count). The molecule has 0 unspecified atom stereocenters. The molecule has 8 heavy (non-hydrogen) atoms. The Morgan fingerprint density at radius 2 is 0.875 bits per heavy atom. The zero-order valence-corrected chi connectivity index (χ0v) is 9.35. The summed E-state index contributed by atoms with van der Waals surface area (Å²) in [6, 6.07) is 0. The maximum atomic E-state index is 5.02. The summed E-state index contributed by atoms with van der Waals surface area (Å²) in [5, 5.41) is 0. The summed E-state index contributed by atoms with van der Waals surface area (Å²) in [5.41, 5.74) is 3.25. The molecule has 1 nitrogen and oxygen atoms in total. The van der Waals surface area contributed by atoms with Crippen LogP contribution in [-0.2, 0) is 8.65 Å². The van der Waals surface area contributed by atoms with Crippen molar-refractivity contribution in [2.24, 2.45) is 0 Å². The molecule has 0 aromatic rings. The van der Waals surface area contributed by atoms with E-state index in [9.17, 15) is 0 Å². The van der Waals surface area contributed by atoms with E-state index < -0.39 is 8.65 Å². The minimum atomic E-state index is -4.04. The van der Waals surface area contributed by atoms with Gasteiger partial charge in [-0.3, -0.25) is 0 Å². The van der Waals surface area contributed by atoms with Gasteiger partial charge in [0.05, 0.1) is 7.05 Å². The van der Waals surface area contributed by atoms with E-state index in [1.807, 2.05) is 0 Å². The molecule has 0 aliphatic carbocycles. The molecule has 0 spiro atoms. The van der Waals surface area contributed by atoms with Gasteiger partial charge in [0.25, 0.3) is 0 Å². The van der Waals surface area contributed by atoms with Crippen LogP contribution in [0.5, 0.6) is 0 Å². The van der Waals surface area contributed by atoms with E-state index in [4.69, 9.17) is 48.5 Å². The van der Waals surface area contributed by atoms with Crippen molar-refractivity contribution in [1.82, 2.24) is 0 Å². The molecule has 0 heterocycles. The first-order chi connectivity index (χ1) is 3.24. The molecule has 3 N–H and O–H groups in total. The Morgan fingerprint density at radius 3 is 0.875 bits per heavy atom. The molecule has 0 aliphatic rings. The van der Waals surface area contributed by atoms with Crippen molar-refractivity contribution < 1.29 is 14.4 Å². The maximum absolute atomic E-state index is 5.02. The van der Waals surface area contributed by atoms with Crippen LogP contribution in [-0.4, -0.2) is 7.05 Å². The molecule has 0 bridgehead atoms. The Labute approximate surface area is 69.3 Å². The van der Waals surface area contributed by atoms with Crippen molar-refractivity contribution in [3.63, 3.8) is 0 Å². The summed E-state index contributed by atoms with van der Waals surface area (Å²) < 4.78 is 0. The van der Waals surface area contributed by atoms with Crippen LogP contribution in [0.3, 0.4) is 0 Å². The summed E-state index contributed by atoms with van der Waals surface area (Å²) in [4.78, 5) is 0. The van der Waals surface area contributed by atoms with E-state index in [-0.39, 0.29) is 0 Å². The zero-order valence-electron chi connectivity index (χ0n) is 3.93. The van der Waals surface area contributed by atoms with Gasteiger partial charge in [-0.15, -0.1) is 0 Å². The van der Waals surface area contributed by atoms with Crippen LogP contribution in [0.2, 0.25) is 0 Å². The van der Waals surface area contributed by atoms with Gasteiger partial charge in [-0.1, -0.05) is 0 Å². The second-order valence-electron chi connectivity index (χ2n) is 0.476. The molecule has 0 saturated carbocycles. The molecule has 0 amide bonds. The quantitative estimate of drug-likeness (QED) is 0.665. The van der Waals surface area contributed by atoms with E-state index >= 15 is 0 Å².